The van der Waals surface area contributed by atoms with E-state index in [0.717, 1.165) is 0 Å². The molecule has 76 valence electrons. The maximum Gasteiger partial charge on any atom is 0.358 e. The van der Waals surface area contributed by atoms with Gasteiger partial charge in [-0.05, 0) is 13.8 Å². The summed E-state index contributed by atoms with van der Waals surface area (Å²) < 4.78 is 5.98. The standard InChI is InChI=1S/C9H12N2O3/c1-6(2)11-7(5-12)4-8(10-11)9(13)14-3/h4-6H,1-3H3. The number of nitrogens with zero attached hydrogens (tertiary/aromatic N) is 2. The fourth-order valence-corrected chi connectivity index (χ4v) is 1.11. The molecule has 0 atom stereocenters. The smallest absolute Gasteiger partial charge is 0.358 e. The van der Waals surface area contributed by atoms with E-state index in [0.29, 0.717) is 12.0 Å². The number of carbonyl (C=O) groups excluding carboxylic acids is 2. The molecule has 1 heterocycles. The summed E-state index contributed by atoms with van der Waals surface area (Å²) in [7, 11) is 1.28. The van der Waals surface area contributed by atoms with Crippen molar-refractivity contribution in [2.45, 2.75) is 19.9 Å². The molecule has 1 aromatic rings. The number of hydrogen-bond donors (Lipinski definition) is 0. The fraction of sp³-hybridized carbons (Fsp3) is 0.444. The molecule has 1 rings (SSSR count). The average molecular weight is 196 g/mol. The summed E-state index contributed by atoms with van der Waals surface area (Å²) >= 11 is 0. The minimum atomic E-state index is -0.535. The number of methoxy groups -OCH3 is 1. The zero-order valence-corrected chi connectivity index (χ0v) is 8.35. The van der Waals surface area contributed by atoms with Crippen molar-refractivity contribution >= 4 is 12.3 Å². The van der Waals surface area contributed by atoms with Crippen LogP contribution < -0.4 is 0 Å². The van der Waals surface area contributed by atoms with E-state index in [4.69, 9.17) is 0 Å². The molecule has 0 spiro atoms. The van der Waals surface area contributed by atoms with Crippen LogP contribution in [0.2, 0.25) is 0 Å². The van der Waals surface area contributed by atoms with Crippen LogP contribution in [-0.4, -0.2) is 29.1 Å². The molecule has 0 unspecified atom stereocenters. The van der Waals surface area contributed by atoms with Crippen LogP contribution in [0.25, 0.3) is 0 Å². The Labute approximate surface area is 81.7 Å². The second kappa shape index (κ2) is 4.04. The van der Waals surface area contributed by atoms with Crippen molar-refractivity contribution in [1.82, 2.24) is 9.78 Å². The number of aromatic nitrogens is 2. The Morgan fingerprint density at radius 3 is 2.64 bits per heavy atom. The van der Waals surface area contributed by atoms with Crippen LogP contribution in [0.15, 0.2) is 6.07 Å². The average Bonchev–Trinajstić information content (AvgIpc) is 2.60. The first-order valence-corrected chi connectivity index (χ1v) is 4.23. The summed E-state index contributed by atoms with van der Waals surface area (Å²) in [6.45, 7) is 3.75. The van der Waals surface area contributed by atoms with E-state index in [-0.39, 0.29) is 11.7 Å². The van der Waals surface area contributed by atoms with Crippen LogP contribution in [0, 0.1) is 0 Å². The Balaban J connectivity index is 3.13. The molecule has 0 radical (unpaired) electrons. The van der Waals surface area contributed by atoms with Gasteiger partial charge in [-0.25, -0.2) is 4.79 Å². The maximum absolute atomic E-state index is 11.1. The van der Waals surface area contributed by atoms with E-state index in [1.807, 2.05) is 13.8 Å². The van der Waals surface area contributed by atoms with E-state index in [9.17, 15) is 9.59 Å². The molecular weight excluding hydrogens is 184 g/mol. The lowest BCUT2D eigenvalue weighted by atomic mass is 10.3. The molecule has 0 aliphatic heterocycles. The second-order valence-electron chi connectivity index (χ2n) is 3.10. The van der Waals surface area contributed by atoms with Gasteiger partial charge in [0.15, 0.2) is 12.0 Å². The zero-order chi connectivity index (χ0) is 10.7. The van der Waals surface area contributed by atoms with Gasteiger partial charge in [-0.15, -0.1) is 0 Å². The van der Waals surface area contributed by atoms with Crippen molar-refractivity contribution in [3.8, 4) is 0 Å². The summed E-state index contributed by atoms with van der Waals surface area (Å²) in [6, 6.07) is 1.45. The van der Waals surface area contributed by atoms with Crippen molar-refractivity contribution < 1.29 is 14.3 Å². The van der Waals surface area contributed by atoms with E-state index in [1.54, 1.807) is 0 Å². The second-order valence-corrected chi connectivity index (χ2v) is 3.10. The predicted molar refractivity (Wildman–Crippen MR) is 49.3 cm³/mol. The summed E-state index contributed by atoms with van der Waals surface area (Å²) in [5.41, 5.74) is 0.531. The Bertz CT molecular complexity index is 355. The van der Waals surface area contributed by atoms with Crippen LogP contribution in [0.5, 0.6) is 0 Å². The van der Waals surface area contributed by atoms with Gasteiger partial charge >= 0.3 is 5.97 Å². The van der Waals surface area contributed by atoms with Gasteiger partial charge in [-0.2, -0.15) is 5.10 Å². The minimum absolute atomic E-state index is 0.0357. The number of ether oxygens (including phenoxy) is 1. The van der Waals surface area contributed by atoms with Crippen molar-refractivity contribution in [1.29, 1.82) is 0 Å². The van der Waals surface area contributed by atoms with Crippen molar-refractivity contribution in [3.63, 3.8) is 0 Å². The minimum Gasteiger partial charge on any atom is -0.464 e. The third kappa shape index (κ3) is 1.81. The molecule has 5 nitrogen and oxygen atoms in total. The number of esters is 1. The predicted octanol–water partition coefficient (Wildman–Crippen LogP) is 1.06. The Morgan fingerprint density at radius 1 is 1.64 bits per heavy atom. The lowest BCUT2D eigenvalue weighted by molar-refractivity contribution is 0.0592. The third-order valence-electron chi connectivity index (χ3n) is 1.77. The molecular formula is C9H12N2O3. The third-order valence-corrected chi connectivity index (χ3v) is 1.77. The largest absolute Gasteiger partial charge is 0.464 e. The molecule has 0 bridgehead atoms. The molecule has 0 N–H and O–H groups in total. The normalized spacial score (nSPS) is 10.3. The number of carbonyl (C=O) groups is 2. The summed E-state index contributed by atoms with van der Waals surface area (Å²) in [4.78, 5) is 21.7. The first kappa shape index (κ1) is 10.4. The molecule has 0 saturated carbocycles. The van der Waals surface area contributed by atoms with Gasteiger partial charge in [-0.1, -0.05) is 0 Å². The number of aldehydes is 1. The highest BCUT2D eigenvalue weighted by molar-refractivity contribution is 5.89. The van der Waals surface area contributed by atoms with Gasteiger partial charge in [-0.3, -0.25) is 9.48 Å². The first-order chi connectivity index (χ1) is 6.60. The summed E-state index contributed by atoms with van der Waals surface area (Å²) in [6.07, 6.45) is 0.666. The number of rotatable bonds is 3. The summed E-state index contributed by atoms with van der Waals surface area (Å²) in [5, 5.41) is 3.96. The molecule has 0 saturated heterocycles. The molecule has 0 amide bonds. The van der Waals surface area contributed by atoms with Crippen molar-refractivity contribution in [2.24, 2.45) is 0 Å². The quantitative estimate of drug-likeness (QED) is 0.535. The lowest BCUT2D eigenvalue weighted by Crippen LogP contribution is -2.08. The molecule has 14 heavy (non-hydrogen) atoms. The van der Waals surface area contributed by atoms with E-state index < -0.39 is 5.97 Å². The van der Waals surface area contributed by atoms with Crippen LogP contribution in [0.4, 0.5) is 0 Å². The summed E-state index contributed by atoms with van der Waals surface area (Å²) in [5.74, 6) is -0.535. The molecule has 0 fully saturated rings. The highest BCUT2D eigenvalue weighted by Gasteiger charge is 2.15. The molecule has 0 aromatic carbocycles. The van der Waals surface area contributed by atoms with Crippen LogP contribution in [0.1, 0.15) is 40.9 Å². The topological polar surface area (TPSA) is 61.2 Å². The SMILES string of the molecule is COC(=O)c1cc(C=O)n(C(C)C)n1. The van der Waals surface area contributed by atoms with Crippen LogP contribution in [-0.2, 0) is 4.74 Å². The van der Waals surface area contributed by atoms with Gasteiger partial charge < -0.3 is 4.74 Å². The highest BCUT2D eigenvalue weighted by Crippen LogP contribution is 2.10. The van der Waals surface area contributed by atoms with Gasteiger partial charge in [0.1, 0.15) is 5.69 Å². The van der Waals surface area contributed by atoms with E-state index >= 15 is 0 Å². The highest BCUT2D eigenvalue weighted by atomic mass is 16.5. The fourth-order valence-electron chi connectivity index (χ4n) is 1.11. The molecule has 1 aromatic heterocycles. The number of hydrogen-bond acceptors (Lipinski definition) is 4. The Morgan fingerprint density at radius 2 is 2.29 bits per heavy atom. The molecule has 5 heteroatoms. The van der Waals surface area contributed by atoms with E-state index in [1.165, 1.54) is 17.9 Å². The van der Waals surface area contributed by atoms with Crippen LogP contribution in [0.3, 0.4) is 0 Å². The molecule has 0 aliphatic carbocycles. The van der Waals surface area contributed by atoms with E-state index in [2.05, 4.69) is 9.84 Å². The lowest BCUT2D eigenvalue weighted by Gasteiger charge is -2.05. The Kier molecular flexibility index (Phi) is 3.01. The van der Waals surface area contributed by atoms with Gasteiger partial charge in [0.25, 0.3) is 0 Å². The van der Waals surface area contributed by atoms with Gasteiger partial charge in [0.2, 0.25) is 0 Å². The van der Waals surface area contributed by atoms with Gasteiger partial charge in [0, 0.05) is 12.1 Å². The Hall–Kier alpha value is -1.65. The zero-order valence-electron chi connectivity index (χ0n) is 8.35. The van der Waals surface area contributed by atoms with Crippen molar-refractivity contribution in [2.75, 3.05) is 7.11 Å². The molecule has 0 aliphatic rings. The first-order valence-electron chi connectivity index (χ1n) is 4.23. The van der Waals surface area contributed by atoms with Crippen molar-refractivity contribution in [3.05, 3.63) is 17.5 Å². The maximum atomic E-state index is 11.1. The monoisotopic (exact) mass is 196 g/mol. The van der Waals surface area contributed by atoms with Gasteiger partial charge in [0.05, 0.1) is 7.11 Å². The van der Waals surface area contributed by atoms with Crippen LogP contribution >= 0.6 is 0 Å².